The van der Waals surface area contributed by atoms with Gasteiger partial charge in [-0.15, -0.1) is 0 Å². The van der Waals surface area contributed by atoms with Crippen LogP contribution in [0.3, 0.4) is 0 Å². The van der Waals surface area contributed by atoms with E-state index in [4.69, 9.17) is 10.5 Å². The zero-order chi connectivity index (χ0) is 16.2. The third-order valence-electron chi connectivity index (χ3n) is 3.33. The van der Waals surface area contributed by atoms with Crippen LogP contribution in [0.15, 0.2) is 42.6 Å². The van der Waals surface area contributed by atoms with Gasteiger partial charge in [0.2, 0.25) is 11.8 Å². The molecule has 0 amide bonds. The summed E-state index contributed by atoms with van der Waals surface area (Å²) >= 11 is 0. The highest BCUT2D eigenvalue weighted by molar-refractivity contribution is 5.76. The van der Waals surface area contributed by atoms with E-state index < -0.39 is 0 Å². The first-order chi connectivity index (χ1) is 11.2. The van der Waals surface area contributed by atoms with Gasteiger partial charge >= 0.3 is 0 Å². The predicted molar refractivity (Wildman–Crippen MR) is 84.5 cm³/mol. The summed E-state index contributed by atoms with van der Waals surface area (Å²) in [5, 5.41) is 4.14. The van der Waals surface area contributed by atoms with Gasteiger partial charge < -0.3 is 10.5 Å². The van der Waals surface area contributed by atoms with Crippen LogP contribution in [0.2, 0.25) is 0 Å². The molecule has 0 spiro atoms. The maximum absolute atomic E-state index is 10.9. The first kappa shape index (κ1) is 14.7. The largest absolute Gasteiger partial charge is 0.473 e. The maximum atomic E-state index is 10.9. The quantitative estimate of drug-likeness (QED) is 0.724. The summed E-state index contributed by atoms with van der Waals surface area (Å²) in [4.78, 5) is 19.1. The molecule has 2 aromatic heterocycles. The molecule has 2 N–H and O–H groups in total. The van der Waals surface area contributed by atoms with Gasteiger partial charge in [0, 0.05) is 6.07 Å². The maximum Gasteiger partial charge on any atom is 0.225 e. The van der Waals surface area contributed by atoms with Gasteiger partial charge in [0.25, 0.3) is 0 Å². The molecule has 116 valence electrons. The number of aromatic nitrogens is 4. The number of hydrogen-bond acceptors (Lipinski definition) is 6. The van der Waals surface area contributed by atoms with E-state index in [0.717, 1.165) is 11.8 Å². The Balaban J connectivity index is 1.87. The number of nitrogens with zero attached hydrogens (tertiary/aromatic N) is 4. The Bertz CT molecular complexity index is 830. The van der Waals surface area contributed by atoms with Crippen molar-refractivity contribution in [2.75, 3.05) is 5.73 Å². The highest BCUT2D eigenvalue weighted by atomic mass is 16.5. The number of ether oxygens (including phenoxy) is 1. The van der Waals surface area contributed by atoms with E-state index in [1.54, 1.807) is 13.0 Å². The number of anilines is 1. The molecule has 0 aliphatic heterocycles. The molecular formula is C16H15N5O2. The van der Waals surface area contributed by atoms with Gasteiger partial charge in [-0.05, 0) is 12.5 Å². The van der Waals surface area contributed by atoms with Gasteiger partial charge in [0.05, 0.1) is 17.5 Å². The Morgan fingerprint density at radius 1 is 1.26 bits per heavy atom. The normalized spacial score (nSPS) is 10.5. The van der Waals surface area contributed by atoms with Crippen molar-refractivity contribution in [3.8, 4) is 11.7 Å². The number of benzene rings is 1. The molecule has 1 aromatic carbocycles. The molecule has 0 radical (unpaired) electrons. The number of nitrogens with two attached hydrogens (primary N) is 1. The molecule has 0 fully saturated rings. The Morgan fingerprint density at radius 3 is 2.74 bits per heavy atom. The summed E-state index contributed by atoms with van der Waals surface area (Å²) in [5.41, 5.74) is 7.93. The lowest BCUT2D eigenvalue weighted by molar-refractivity contribution is 0.112. The van der Waals surface area contributed by atoms with Crippen LogP contribution < -0.4 is 10.5 Å². The highest BCUT2D eigenvalue weighted by Gasteiger charge is 2.11. The van der Waals surface area contributed by atoms with Crippen molar-refractivity contribution in [1.82, 2.24) is 19.7 Å². The van der Waals surface area contributed by atoms with E-state index >= 15 is 0 Å². The molecule has 7 nitrogen and oxygen atoms in total. The van der Waals surface area contributed by atoms with Gasteiger partial charge in [0.1, 0.15) is 6.61 Å². The summed E-state index contributed by atoms with van der Waals surface area (Å²) in [7, 11) is 0. The number of carbonyl (C=O) groups is 1. The van der Waals surface area contributed by atoms with Gasteiger partial charge in [-0.3, -0.25) is 4.79 Å². The summed E-state index contributed by atoms with van der Waals surface area (Å²) in [6, 6.07) is 11.4. The number of rotatable bonds is 5. The van der Waals surface area contributed by atoms with Gasteiger partial charge in [-0.2, -0.15) is 15.1 Å². The molecule has 0 aliphatic rings. The minimum absolute atomic E-state index is 0.0770. The standard InChI is InChI=1S/C16H15N5O2/c1-11-13(9-22)8-18-21(11)14-7-15(20-16(17)19-14)23-10-12-5-3-2-4-6-12/h2-9H,10H2,1H3,(H2,17,19,20). The van der Waals surface area contributed by atoms with Crippen LogP contribution in [0.5, 0.6) is 5.88 Å². The van der Waals surface area contributed by atoms with E-state index in [2.05, 4.69) is 15.1 Å². The molecule has 0 saturated carbocycles. The van der Waals surface area contributed by atoms with Crippen molar-refractivity contribution < 1.29 is 9.53 Å². The predicted octanol–water partition coefficient (Wildman–Crippen LogP) is 1.94. The third-order valence-corrected chi connectivity index (χ3v) is 3.33. The molecule has 23 heavy (non-hydrogen) atoms. The van der Waals surface area contributed by atoms with Gasteiger partial charge in [-0.1, -0.05) is 30.3 Å². The van der Waals surface area contributed by atoms with Crippen molar-refractivity contribution >= 4 is 12.2 Å². The molecule has 0 bridgehead atoms. The fourth-order valence-electron chi connectivity index (χ4n) is 2.11. The minimum Gasteiger partial charge on any atom is -0.473 e. The van der Waals surface area contributed by atoms with Crippen LogP contribution in [0.25, 0.3) is 5.82 Å². The lowest BCUT2D eigenvalue weighted by Gasteiger charge is -2.09. The molecule has 0 atom stereocenters. The molecule has 0 unspecified atom stereocenters. The number of hydrogen-bond donors (Lipinski definition) is 1. The van der Waals surface area contributed by atoms with E-state index in [0.29, 0.717) is 29.6 Å². The van der Waals surface area contributed by atoms with E-state index in [9.17, 15) is 4.79 Å². The molecular weight excluding hydrogens is 294 g/mol. The minimum atomic E-state index is 0.0770. The first-order valence-corrected chi connectivity index (χ1v) is 6.99. The SMILES string of the molecule is Cc1c(C=O)cnn1-c1cc(OCc2ccccc2)nc(N)n1. The second-order valence-electron chi connectivity index (χ2n) is 4.91. The summed E-state index contributed by atoms with van der Waals surface area (Å²) < 4.78 is 7.19. The van der Waals surface area contributed by atoms with Crippen molar-refractivity contribution in [2.45, 2.75) is 13.5 Å². The van der Waals surface area contributed by atoms with Gasteiger partial charge in [-0.25, -0.2) is 4.68 Å². The summed E-state index contributed by atoms with van der Waals surface area (Å²) in [5.74, 6) is 0.873. The topological polar surface area (TPSA) is 95.9 Å². The molecule has 3 rings (SSSR count). The van der Waals surface area contributed by atoms with Crippen LogP contribution in [0.4, 0.5) is 5.95 Å². The van der Waals surface area contributed by atoms with Crippen molar-refractivity contribution in [3.63, 3.8) is 0 Å². The lowest BCUT2D eigenvalue weighted by Crippen LogP contribution is -2.08. The van der Waals surface area contributed by atoms with E-state index in [1.165, 1.54) is 10.9 Å². The number of aldehydes is 1. The average Bonchev–Trinajstić information content (AvgIpc) is 2.94. The van der Waals surface area contributed by atoms with Gasteiger partial charge in [0.15, 0.2) is 12.1 Å². The second kappa shape index (κ2) is 6.27. The van der Waals surface area contributed by atoms with Crippen LogP contribution >= 0.6 is 0 Å². The zero-order valence-corrected chi connectivity index (χ0v) is 12.5. The highest BCUT2D eigenvalue weighted by Crippen LogP contribution is 2.17. The summed E-state index contributed by atoms with van der Waals surface area (Å²) in [6.45, 7) is 2.15. The van der Waals surface area contributed by atoms with Crippen LogP contribution in [0, 0.1) is 6.92 Å². The molecule has 0 saturated heterocycles. The van der Waals surface area contributed by atoms with E-state index in [-0.39, 0.29) is 5.95 Å². The monoisotopic (exact) mass is 309 g/mol. The number of nitrogen functional groups attached to an aromatic ring is 1. The Labute approximate surface area is 132 Å². The van der Waals surface area contributed by atoms with Crippen LogP contribution in [-0.4, -0.2) is 26.0 Å². The Kier molecular flexibility index (Phi) is 4.01. The Morgan fingerprint density at radius 2 is 2.04 bits per heavy atom. The van der Waals surface area contributed by atoms with E-state index in [1.807, 2.05) is 30.3 Å². The van der Waals surface area contributed by atoms with Crippen LogP contribution in [-0.2, 0) is 6.61 Å². The fourth-order valence-corrected chi connectivity index (χ4v) is 2.11. The lowest BCUT2D eigenvalue weighted by atomic mass is 10.2. The van der Waals surface area contributed by atoms with Crippen molar-refractivity contribution in [2.24, 2.45) is 0 Å². The Hall–Kier alpha value is -3.22. The molecule has 7 heteroatoms. The third kappa shape index (κ3) is 3.18. The first-order valence-electron chi connectivity index (χ1n) is 6.99. The van der Waals surface area contributed by atoms with Crippen molar-refractivity contribution in [3.05, 3.63) is 59.4 Å². The summed E-state index contributed by atoms with van der Waals surface area (Å²) in [6.07, 6.45) is 2.22. The zero-order valence-electron chi connectivity index (χ0n) is 12.5. The van der Waals surface area contributed by atoms with Crippen molar-refractivity contribution in [1.29, 1.82) is 0 Å². The fraction of sp³-hybridized carbons (Fsp3) is 0.125. The average molecular weight is 309 g/mol. The molecule has 0 aliphatic carbocycles. The van der Waals surface area contributed by atoms with Crippen LogP contribution in [0.1, 0.15) is 21.6 Å². The number of carbonyl (C=O) groups excluding carboxylic acids is 1. The smallest absolute Gasteiger partial charge is 0.225 e. The second-order valence-corrected chi connectivity index (χ2v) is 4.91. The molecule has 3 aromatic rings. The molecule has 2 heterocycles.